The van der Waals surface area contributed by atoms with Gasteiger partial charge in [0.1, 0.15) is 0 Å². The van der Waals surface area contributed by atoms with Crippen LogP contribution in [-0.2, 0) is 0 Å². The Balaban J connectivity index is 2.91. The fourth-order valence-electron chi connectivity index (χ4n) is 2.16. The molecule has 0 nitrogen and oxygen atoms in total. The quantitative estimate of drug-likeness (QED) is 0.616. The van der Waals surface area contributed by atoms with Gasteiger partial charge in [-0.1, -0.05) is 49.5 Å². The minimum Gasteiger partial charge on any atom is -0.148 e. The van der Waals surface area contributed by atoms with Crippen molar-refractivity contribution in [3.8, 4) is 0 Å². The highest BCUT2D eigenvalue weighted by Crippen LogP contribution is 2.42. The van der Waals surface area contributed by atoms with Crippen LogP contribution in [0.4, 0.5) is 0 Å². The summed E-state index contributed by atoms with van der Waals surface area (Å²) in [4.78, 5) is 1.64. The summed E-state index contributed by atoms with van der Waals surface area (Å²) in [5, 5.41) is 3.99. The van der Waals surface area contributed by atoms with Gasteiger partial charge in [0.25, 0.3) is 0 Å². The van der Waals surface area contributed by atoms with Crippen LogP contribution in [0, 0.1) is 11.8 Å². The third-order valence-electron chi connectivity index (χ3n) is 2.71. The molecule has 0 aliphatic carbocycles. The van der Waals surface area contributed by atoms with E-state index in [0.717, 1.165) is 11.8 Å². The molecule has 0 radical (unpaired) electrons. The van der Waals surface area contributed by atoms with Crippen LogP contribution in [0.5, 0.6) is 0 Å². The molecule has 0 saturated carbocycles. The maximum atomic E-state index is 2.40. The van der Waals surface area contributed by atoms with E-state index in [0.29, 0.717) is 5.92 Å². The van der Waals surface area contributed by atoms with Crippen LogP contribution in [0.15, 0.2) is 11.4 Å². The van der Waals surface area contributed by atoms with Gasteiger partial charge in [-0.15, -0.1) is 11.3 Å². The van der Waals surface area contributed by atoms with Crippen LogP contribution in [0.1, 0.15) is 52.3 Å². The minimum absolute atomic E-state index is 0.0595. The van der Waals surface area contributed by atoms with E-state index in [9.17, 15) is 0 Å². The lowest BCUT2D eigenvalue weighted by atomic mass is 10.2. The molecule has 1 aromatic heterocycles. The van der Waals surface area contributed by atoms with Crippen LogP contribution < -0.4 is 5.30 Å². The lowest BCUT2D eigenvalue weighted by Crippen LogP contribution is -2.14. The summed E-state index contributed by atoms with van der Waals surface area (Å²) in [5.41, 5.74) is 0. The molecule has 0 unspecified atom stereocenters. The van der Waals surface area contributed by atoms with E-state index in [-0.39, 0.29) is 7.92 Å². The van der Waals surface area contributed by atoms with Gasteiger partial charge in [0.15, 0.2) is 0 Å². The number of hydrogen-bond acceptors (Lipinski definition) is 1. The van der Waals surface area contributed by atoms with Crippen LogP contribution in [0.25, 0.3) is 0 Å². The average molecular weight is 270 g/mol. The normalized spacial score (nSPS) is 12.4. The molecule has 0 bridgehead atoms. The molecule has 0 spiro atoms. The summed E-state index contributed by atoms with van der Waals surface area (Å²) >= 11 is 1.96. The van der Waals surface area contributed by atoms with Gasteiger partial charge in [-0.05, 0) is 46.8 Å². The highest BCUT2D eigenvalue weighted by Gasteiger charge is 2.19. The molecule has 1 rings (SSSR count). The van der Waals surface area contributed by atoms with Crippen LogP contribution in [0.3, 0.4) is 0 Å². The third kappa shape index (κ3) is 4.72. The Morgan fingerprint density at radius 3 is 1.94 bits per heavy atom. The average Bonchev–Trinajstić information content (AvgIpc) is 2.62. The molecule has 98 valence electrons. The molecule has 0 aromatic carbocycles. The lowest BCUT2D eigenvalue weighted by molar-refractivity contribution is 0.721. The van der Waals surface area contributed by atoms with Gasteiger partial charge in [0.2, 0.25) is 0 Å². The SMILES string of the molecule is CC(C)CP(CC(C)C)c1ccsc1C(C)C. The maximum absolute atomic E-state index is 2.40. The third-order valence-corrected chi connectivity index (χ3v) is 7.49. The topological polar surface area (TPSA) is 0 Å². The molecule has 0 aliphatic heterocycles. The number of thiophene rings is 1. The van der Waals surface area contributed by atoms with Gasteiger partial charge < -0.3 is 0 Å². The molecular weight excluding hydrogens is 243 g/mol. The van der Waals surface area contributed by atoms with E-state index in [4.69, 9.17) is 0 Å². The standard InChI is InChI=1S/C15H27PS/c1-11(2)9-16(10-12(3)4)14-7-8-17-15(14)13(5)6/h7-8,11-13H,9-10H2,1-6H3. The fourth-order valence-corrected chi connectivity index (χ4v) is 6.78. The first kappa shape index (κ1) is 15.2. The second kappa shape index (κ2) is 6.90. The van der Waals surface area contributed by atoms with Crippen LogP contribution >= 0.6 is 19.3 Å². The molecule has 0 N–H and O–H groups in total. The molecular formula is C15H27PS. The van der Waals surface area contributed by atoms with Gasteiger partial charge >= 0.3 is 0 Å². The molecule has 0 aliphatic rings. The zero-order valence-corrected chi connectivity index (χ0v) is 13.9. The molecule has 0 amide bonds. The van der Waals surface area contributed by atoms with Crippen molar-refractivity contribution < 1.29 is 0 Å². The summed E-state index contributed by atoms with van der Waals surface area (Å²) in [6.07, 6.45) is 2.79. The van der Waals surface area contributed by atoms with Crippen LogP contribution in [0.2, 0.25) is 0 Å². The zero-order valence-electron chi connectivity index (χ0n) is 12.2. The van der Waals surface area contributed by atoms with Crippen molar-refractivity contribution >= 4 is 24.6 Å². The summed E-state index contributed by atoms with van der Waals surface area (Å²) in [6, 6.07) is 2.40. The number of hydrogen-bond donors (Lipinski definition) is 0. The Morgan fingerprint density at radius 2 is 1.53 bits per heavy atom. The smallest absolute Gasteiger partial charge is 0.0147 e. The van der Waals surface area contributed by atoms with Crippen molar-refractivity contribution in [3.63, 3.8) is 0 Å². The zero-order chi connectivity index (χ0) is 13.0. The largest absolute Gasteiger partial charge is 0.148 e. The predicted octanol–water partition coefficient (Wildman–Crippen LogP) is 5.29. The minimum atomic E-state index is 0.0595. The second-order valence-electron chi connectivity index (χ2n) is 6.02. The van der Waals surface area contributed by atoms with Crippen molar-refractivity contribution in [2.24, 2.45) is 11.8 Å². The van der Waals surface area contributed by atoms with E-state index < -0.39 is 0 Å². The Hall–Kier alpha value is 0.130. The summed E-state index contributed by atoms with van der Waals surface area (Å²) in [5.74, 6) is 2.33. The van der Waals surface area contributed by atoms with Crippen molar-refractivity contribution in [2.45, 2.75) is 47.5 Å². The van der Waals surface area contributed by atoms with Crippen molar-refractivity contribution in [3.05, 3.63) is 16.3 Å². The Kier molecular flexibility index (Phi) is 6.17. The van der Waals surface area contributed by atoms with Gasteiger partial charge in [-0.3, -0.25) is 0 Å². The van der Waals surface area contributed by atoms with Gasteiger partial charge in [0.05, 0.1) is 0 Å². The molecule has 0 atom stereocenters. The Labute approximate surface area is 113 Å². The van der Waals surface area contributed by atoms with E-state index in [1.54, 1.807) is 10.2 Å². The van der Waals surface area contributed by atoms with Crippen molar-refractivity contribution in [2.75, 3.05) is 12.3 Å². The molecule has 1 heterocycles. The van der Waals surface area contributed by atoms with Crippen molar-refractivity contribution in [1.29, 1.82) is 0 Å². The summed E-state index contributed by atoms with van der Waals surface area (Å²) in [7, 11) is 0.0595. The Morgan fingerprint density at radius 1 is 1.00 bits per heavy atom. The second-order valence-corrected chi connectivity index (χ2v) is 9.26. The van der Waals surface area contributed by atoms with E-state index >= 15 is 0 Å². The summed E-state index contributed by atoms with van der Waals surface area (Å²) in [6.45, 7) is 14.1. The predicted molar refractivity (Wildman–Crippen MR) is 84.4 cm³/mol. The van der Waals surface area contributed by atoms with Gasteiger partial charge in [-0.2, -0.15) is 0 Å². The molecule has 17 heavy (non-hydrogen) atoms. The van der Waals surface area contributed by atoms with Crippen LogP contribution in [-0.4, -0.2) is 12.3 Å². The monoisotopic (exact) mass is 270 g/mol. The first-order valence-electron chi connectivity index (χ1n) is 6.74. The number of rotatable bonds is 6. The van der Waals surface area contributed by atoms with Crippen molar-refractivity contribution in [1.82, 2.24) is 0 Å². The molecule has 1 aromatic rings. The van der Waals surface area contributed by atoms with E-state index in [2.05, 4.69) is 53.0 Å². The van der Waals surface area contributed by atoms with Gasteiger partial charge in [0, 0.05) is 4.88 Å². The highest BCUT2D eigenvalue weighted by atomic mass is 32.1. The lowest BCUT2D eigenvalue weighted by Gasteiger charge is -2.23. The fraction of sp³-hybridized carbons (Fsp3) is 0.733. The first-order chi connectivity index (χ1) is 7.91. The molecule has 2 heteroatoms. The van der Waals surface area contributed by atoms with E-state index in [1.165, 1.54) is 12.3 Å². The highest BCUT2D eigenvalue weighted by molar-refractivity contribution is 7.66. The first-order valence-corrected chi connectivity index (χ1v) is 9.33. The van der Waals surface area contributed by atoms with E-state index in [1.807, 2.05) is 11.3 Å². The Bertz CT molecular complexity index is 315. The molecule has 0 fully saturated rings. The molecule has 0 saturated heterocycles. The maximum Gasteiger partial charge on any atom is 0.0147 e. The van der Waals surface area contributed by atoms with Gasteiger partial charge in [-0.25, -0.2) is 0 Å². The summed E-state index contributed by atoms with van der Waals surface area (Å²) < 4.78 is 0.